The third-order valence-electron chi connectivity index (χ3n) is 4.12. The molecule has 5 N–H and O–H groups in total. The van der Waals surface area contributed by atoms with Gasteiger partial charge in [0.2, 0.25) is 0 Å². The molecule has 0 heterocycles. The molecule has 0 aliphatic heterocycles. The van der Waals surface area contributed by atoms with Gasteiger partial charge in [-0.3, -0.25) is 9.59 Å². The fraction of sp³-hybridized carbons (Fsp3) is 0.440. The number of aliphatic hydroxyl groups excluding tert-OH is 1. The van der Waals surface area contributed by atoms with E-state index in [0.717, 1.165) is 19.3 Å². The van der Waals surface area contributed by atoms with Crippen molar-refractivity contribution < 1.29 is 24.9 Å². The van der Waals surface area contributed by atoms with Crippen LogP contribution in [0, 0.1) is 0 Å². The number of hydrogen-bond acceptors (Lipinski definition) is 5. The van der Waals surface area contributed by atoms with Gasteiger partial charge in [0.1, 0.15) is 6.04 Å². The lowest BCUT2D eigenvalue weighted by Crippen LogP contribution is -2.34. The molecule has 0 rings (SSSR count). The predicted molar refractivity (Wildman–Crippen MR) is 134 cm³/mol. The van der Waals surface area contributed by atoms with Gasteiger partial charge in [0.25, 0.3) is 0 Å². The highest BCUT2D eigenvalue weighted by atomic mass is 32.2. The molecule has 3 atom stereocenters. The average molecular weight is 464 g/mol. The molecule has 0 aliphatic carbocycles. The highest BCUT2D eigenvalue weighted by Crippen LogP contribution is 2.20. The number of carboxylic acid groups (broad SMARTS) is 2. The molecule has 0 radical (unpaired) electrons. The van der Waals surface area contributed by atoms with E-state index >= 15 is 0 Å². The molecule has 7 heteroatoms. The van der Waals surface area contributed by atoms with Crippen LogP contribution in [-0.4, -0.2) is 50.4 Å². The number of carboxylic acids is 2. The SMILES string of the molecule is CC/C=C\CC(O)C(/C=C/C=C/C=C\C/C=C\C/C=C\CCC(=O)O)SCC(N)C(=O)O. The summed E-state index contributed by atoms with van der Waals surface area (Å²) in [6.07, 6.45) is 26.3. The van der Waals surface area contributed by atoms with Gasteiger partial charge in [-0.05, 0) is 32.1 Å². The minimum absolute atomic E-state index is 0.161. The summed E-state index contributed by atoms with van der Waals surface area (Å²) < 4.78 is 0. The van der Waals surface area contributed by atoms with E-state index in [-0.39, 0.29) is 17.4 Å². The molecule has 0 saturated carbocycles. The number of nitrogens with two attached hydrogens (primary N) is 1. The molecule has 0 aromatic carbocycles. The molecule has 3 unspecified atom stereocenters. The van der Waals surface area contributed by atoms with E-state index in [2.05, 4.69) is 0 Å². The monoisotopic (exact) mass is 463 g/mol. The Hall–Kier alpha value is -2.35. The number of rotatable bonds is 18. The maximum Gasteiger partial charge on any atom is 0.321 e. The van der Waals surface area contributed by atoms with Gasteiger partial charge in [-0.2, -0.15) is 0 Å². The molecule has 6 nitrogen and oxygen atoms in total. The third kappa shape index (κ3) is 18.4. The second-order valence-electron chi connectivity index (χ2n) is 6.97. The molecular formula is C25H37NO5S. The Morgan fingerprint density at radius 3 is 2.22 bits per heavy atom. The zero-order chi connectivity index (χ0) is 24.0. The van der Waals surface area contributed by atoms with Gasteiger partial charge in [-0.25, -0.2) is 0 Å². The van der Waals surface area contributed by atoms with Crippen LogP contribution in [0.5, 0.6) is 0 Å². The Morgan fingerprint density at radius 1 is 0.906 bits per heavy atom. The van der Waals surface area contributed by atoms with Crippen LogP contribution in [0.25, 0.3) is 0 Å². The number of hydrogen-bond donors (Lipinski definition) is 4. The molecule has 0 aromatic rings. The van der Waals surface area contributed by atoms with E-state index in [1.54, 1.807) is 0 Å². The molecule has 178 valence electrons. The van der Waals surface area contributed by atoms with Crippen molar-refractivity contribution >= 4 is 23.7 Å². The fourth-order valence-electron chi connectivity index (χ4n) is 2.35. The number of carbonyl (C=O) groups is 2. The standard InChI is InChI=1S/C25H37NO5S/c1-2-3-14-17-22(27)23(32-20-21(26)25(30)31)18-15-12-10-8-6-4-5-7-9-11-13-16-19-24(28)29/h3,5-8,10-15,18,21-23,27H,2,4,9,16-17,19-20,26H2,1H3,(H,28,29)(H,30,31)/b7-5-,8-6-,12-10+,13-11-,14-3-,18-15+. The average Bonchev–Trinajstić information content (AvgIpc) is 2.75. The van der Waals surface area contributed by atoms with Crippen molar-refractivity contribution in [3.8, 4) is 0 Å². The van der Waals surface area contributed by atoms with Crippen LogP contribution >= 0.6 is 11.8 Å². The zero-order valence-electron chi connectivity index (χ0n) is 18.8. The highest BCUT2D eigenvalue weighted by molar-refractivity contribution is 8.00. The largest absolute Gasteiger partial charge is 0.481 e. The van der Waals surface area contributed by atoms with E-state index in [1.165, 1.54) is 11.8 Å². The smallest absolute Gasteiger partial charge is 0.321 e. The molecule has 0 spiro atoms. The van der Waals surface area contributed by atoms with Gasteiger partial charge in [0, 0.05) is 17.4 Å². The summed E-state index contributed by atoms with van der Waals surface area (Å²) in [6, 6.07) is -0.957. The van der Waals surface area contributed by atoms with Crippen molar-refractivity contribution in [1.29, 1.82) is 0 Å². The Bertz CT molecular complexity index is 694. The molecule has 32 heavy (non-hydrogen) atoms. The Morgan fingerprint density at radius 2 is 1.56 bits per heavy atom. The summed E-state index contributed by atoms with van der Waals surface area (Å²) in [5.74, 6) is -1.60. The normalized spacial score (nSPS) is 15.7. The van der Waals surface area contributed by atoms with Gasteiger partial charge >= 0.3 is 11.9 Å². The van der Waals surface area contributed by atoms with Crippen molar-refractivity contribution in [3.63, 3.8) is 0 Å². The van der Waals surface area contributed by atoms with Crippen molar-refractivity contribution in [1.82, 2.24) is 0 Å². The zero-order valence-corrected chi connectivity index (χ0v) is 19.6. The van der Waals surface area contributed by atoms with Crippen molar-refractivity contribution in [2.45, 2.75) is 62.8 Å². The topological polar surface area (TPSA) is 121 Å². The summed E-state index contributed by atoms with van der Waals surface area (Å²) in [7, 11) is 0. The highest BCUT2D eigenvalue weighted by Gasteiger charge is 2.19. The number of allylic oxidation sites excluding steroid dienone is 10. The second-order valence-corrected chi connectivity index (χ2v) is 8.18. The molecule has 0 aliphatic rings. The minimum Gasteiger partial charge on any atom is -0.481 e. The van der Waals surface area contributed by atoms with Crippen molar-refractivity contribution in [2.24, 2.45) is 5.73 Å². The first-order valence-electron chi connectivity index (χ1n) is 10.8. The minimum atomic E-state index is -1.05. The lowest BCUT2D eigenvalue weighted by atomic mass is 10.1. The van der Waals surface area contributed by atoms with Crippen LogP contribution in [0.15, 0.2) is 72.9 Å². The van der Waals surface area contributed by atoms with Crippen LogP contribution in [0.1, 0.15) is 45.4 Å². The van der Waals surface area contributed by atoms with E-state index in [1.807, 2.05) is 79.8 Å². The predicted octanol–water partition coefficient (Wildman–Crippen LogP) is 4.64. The number of aliphatic hydroxyl groups is 1. The van der Waals surface area contributed by atoms with E-state index in [0.29, 0.717) is 12.8 Å². The first-order valence-corrected chi connectivity index (χ1v) is 11.9. The maximum atomic E-state index is 10.9. The van der Waals surface area contributed by atoms with Crippen molar-refractivity contribution in [2.75, 3.05) is 5.75 Å². The third-order valence-corrected chi connectivity index (χ3v) is 5.53. The first-order chi connectivity index (χ1) is 15.4. The lowest BCUT2D eigenvalue weighted by molar-refractivity contribution is -0.138. The fourth-order valence-corrected chi connectivity index (χ4v) is 3.45. The second kappa shape index (κ2) is 20.5. The van der Waals surface area contributed by atoms with Crippen LogP contribution in [0.3, 0.4) is 0 Å². The van der Waals surface area contributed by atoms with Gasteiger partial charge in [0.05, 0.1) is 6.10 Å². The summed E-state index contributed by atoms with van der Waals surface area (Å²) in [5, 5.41) is 27.7. The van der Waals surface area contributed by atoms with Crippen LogP contribution in [-0.2, 0) is 9.59 Å². The van der Waals surface area contributed by atoms with Crippen LogP contribution < -0.4 is 5.73 Å². The van der Waals surface area contributed by atoms with Crippen molar-refractivity contribution in [3.05, 3.63) is 72.9 Å². The Labute approximate surface area is 196 Å². The van der Waals surface area contributed by atoms with Gasteiger partial charge in [-0.15, -0.1) is 11.8 Å². The first kappa shape index (κ1) is 29.7. The lowest BCUT2D eigenvalue weighted by Gasteiger charge is -2.19. The number of thioether (sulfide) groups is 1. The summed E-state index contributed by atoms with van der Waals surface area (Å²) in [6.45, 7) is 2.03. The number of aliphatic carboxylic acids is 2. The summed E-state index contributed by atoms with van der Waals surface area (Å²) in [4.78, 5) is 21.3. The van der Waals surface area contributed by atoms with E-state index in [4.69, 9.17) is 15.9 Å². The van der Waals surface area contributed by atoms with Gasteiger partial charge in [0.15, 0.2) is 0 Å². The van der Waals surface area contributed by atoms with E-state index < -0.39 is 24.1 Å². The molecule has 0 fully saturated rings. The molecular weight excluding hydrogens is 426 g/mol. The molecule has 0 amide bonds. The van der Waals surface area contributed by atoms with Gasteiger partial charge < -0.3 is 21.1 Å². The van der Waals surface area contributed by atoms with Crippen LogP contribution in [0.4, 0.5) is 0 Å². The quantitative estimate of drug-likeness (QED) is 0.172. The molecule has 0 saturated heterocycles. The molecule has 0 bridgehead atoms. The summed E-state index contributed by atoms with van der Waals surface area (Å²) >= 11 is 1.34. The van der Waals surface area contributed by atoms with E-state index in [9.17, 15) is 14.7 Å². The van der Waals surface area contributed by atoms with Gasteiger partial charge in [-0.1, -0.05) is 79.8 Å². The Kier molecular flexibility index (Phi) is 19.0. The maximum absolute atomic E-state index is 10.9. The molecule has 0 aromatic heterocycles. The summed E-state index contributed by atoms with van der Waals surface area (Å²) in [5.41, 5.74) is 5.58. The Balaban J connectivity index is 4.44. The van der Waals surface area contributed by atoms with Crippen LogP contribution in [0.2, 0.25) is 0 Å².